The summed E-state index contributed by atoms with van der Waals surface area (Å²) in [5.41, 5.74) is 7.80. The molecule has 170 valence electrons. The molecule has 0 aromatic heterocycles. The van der Waals surface area contributed by atoms with Crippen LogP contribution in [0.4, 0.5) is 0 Å². The van der Waals surface area contributed by atoms with E-state index in [1.165, 1.54) is 40.7 Å². The van der Waals surface area contributed by atoms with Crippen molar-refractivity contribution in [3.8, 4) is 0 Å². The first kappa shape index (κ1) is 23.7. The second-order valence-corrected chi connectivity index (χ2v) is 15.3. The Morgan fingerprint density at radius 1 is 1.12 bits per heavy atom. The third kappa shape index (κ3) is 4.51. The van der Waals surface area contributed by atoms with Crippen LogP contribution in [-0.2, 0) is 9.47 Å². The summed E-state index contributed by atoms with van der Waals surface area (Å²) in [5, 5.41) is 0. The summed E-state index contributed by atoms with van der Waals surface area (Å²) in [6.07, 6.45) is 20.1. The Kier molecular flexibility index (Phi) is 7.42. The number of ether oxygens (including phenoxy) is 2. The number of rotatable bonds is 4. The van der Waals surface area contributed by atoms with Crippen molar-refractivity contribution in [3.63, 3.8) is 0 Å². The van der Waals surface area contributed by atoms with Crippen LogP contribution in [0.1, 0.15) is 27.7 Å². The summed E-state index contributed by atoms with van der Waals surface area (Å²) in [7, 11) is 0. The van der Waals surface area contributed by atoms with Gasteiger partial charge in [0, 0.05) is 0 Å². The van der Waals surface area contributed by atoms with Gasteiger partial charge in [-0.25, -0.2) is 0 Å². The number of fused-ring (bicyclic) bond motifs is 2. The normalized spacial score (nSPS) is 24.8. The van der Waals surface area contributed by atoms with E-state index in [2.05, 4.69) is 94.5 Å². The zero-order valence-electron chi connectivity index (χ0n) is 19.0. The van der Waals surface area contributed by atoms with Crippen molar-refractivity contribution >= 4 is 56.2 Å². The SMILES string of the molecule is C\C=C/C(=C/C1=C(C)OC2=CC=IC3=C2B1C1=C(O3)[I-]C2C=IC=CC2=C1)C(/C=C/C)=C/C. The van der Waals surface area contributed by atoms with Crippen molar-refractivity contribution in [1.29, 1.82) is 0 Å². The predicted molar refractivity (Wildman–Crippen MR) is 155 cm³/mol. The Labute approximate surface area is 227 Å². The van der Waals surface area contributed by atoms with Gasteiger partial charge >= 0.3 is 229 Å². The predicted octanol–water partition coefficient (Wildman–Crippen LogP) is 4.25. The van der Waals surface area contributed by atoms with Crippen molar-refractivity contribution < 1.29 is 30.7 Å². The fourth-order valence-corrected chi connectivity index (χ4v) is 13.2. The molecule has 0 aromatic carbocycles. The summed E-state index contributed by atoms with van der Waals surface area (Å²) in [5.74, 6) is 1.97. The Bertz CT molecular complexity index is 1280. The molecule has 1 unspecified atom stereocenters. The molecule has 0 fully saturated rings. The summed E-state index contributed by atoms with van der Waals surface area (Å²) >= 11 is -0.388. The van der Waals surface area contributed by atoms with Gasteiger partial charge in [0.1, 0.15) is 0 Å². The van der Waals surface area contributed by atoms with Crippen LogP contribution in [0.3, 0.4) is 0 Å². The average molecular weight is 773 g/mol. The Balaban J connectivity index is 1.70. The molecule has 2 nitrogen and oxygen atoms in total. The van der Waals surface area contributed by atoms with Gasteiger partial charge in [-0.2, -0.15) is 0 Å². The molecular formula is C27H25BI3O2-. The topological polar surface area (TPSA) is 18.5 Å². The van der Waals surface area contributed by atoms with Gasteiger partial charge in [-0.3, -0.25) is 0 Å². The summed E-state index contributed by atoms with van der Waals surface area (Å²) in [4.78, 5) is 0. The number of hydrogen-bond donors (Lipinski definition) is 0. The van der Waals surface area contributed by atoms with Gasteiger partial charge in [0.25, 0.3) is 0 Å². The first-order valence-electron chi connectivity index (χ1n) is 11.0. The third-order valence-corrected chi connectivity index (χ3v) is 14.4. The van der Waals surface area contributed by atoms with Crippen LogP contribution >= 0.6 is 41.5 Å². The van der Waals surface area contributed by atoms with Crippen LogP contribution in [0.15, 0.2) is 111 Å². The Hall–Kier alpha value is -1.01. The van der Waals surface area contributed by atoms with E-state index in [0.717, 1.165) is 11.5 Å². The first-order valence-corrected chi connectivity index (χ1v) is 18.1. The van der Waals surface area contributed by atoms with E-state index in [1.807, 2.05) is 0 Å². The van der Waals surface area contributed by atoms with E-state index in [-0.39, 0.29) is 69.4 Å². The van der Waals surface area contributed by atoms with Gasteiger partial charge in [-0.1, -0.05) is 0 Å². The van der Waals surface area contributed by atoms with Crippen LogP contribution in [0.5, 0.6) is 0 Å². The molecule has 0 N–H and O–H groups in total. The van der Waals surface area contributed by atoms with E-state index in [4.69, 9.17) is 9.47 Å². The number of halogens is 3. The van der Waals surface area contributed by atoms with Gasteiger partial charge in [0.15, 0.2) is 0 Å². The molecule has 0 spiro atoms. The molecular weight excluding hydrogens is 748 g/mol. The Morgan fingerprint density at radius 3 is 2.73 bits per heavy atom. The monoisotopic (exact) mass is 773 g/mol. The molecule has 0 radical (unpaired) electrons. The molecule has 5 rings (SSSR count). The van der Waals surface area contributed by atoms with Crippen molar-refractivity contribution in [2.75, 3.05) is 0 Å². The molecule has 5 aliphatic rings. The van der Waals surface area contributed by atoms with E-state index in [0.29, 0.717) is 3.92 Å². The number of hydrogen-bond acceptors (Lipinski definition) is 2. The third-order valence-electron chi connectivity index (χ3n) is 5.86. The summed E-state index contributed by atoms with van der Waals surface area (Å²) in [6, 6.07) is 0. The molecule has 0 bridgehead atoms. The van der Waals surface area contributed by atoms with E-state index in [9.17, 15) is 0 Å². The summed E-state index contributed by atoms with van der Waals surface area (Å²) in [6.45, 7) is 8.57. The van der Waals surface area contributed by atoms with E-state index < -0.39 is 0 Å². The maximum absolute atomic E-state index is 6.67. The average Bonchev–Trinajstić information content (AvgIpc) is 2.82. The van der Waals surface area contributed by atoms with Gasteiger partial charge in [-0.05, 0) is 0 Å². The van der Waals surface area contributed by atoms with Crippen LogP contribution in [0.25, 0.3) is 0 Å². The minimum absolute atomic E-state index is 0.0926. The van der Waals surface area contributed by atoms with Crippen molar-refractivity contribution in [3.05, 3.63) is 111 Å². The molecule has 0 aliphatic carbocycles. The molecule has 0 aromatic rings. The standard InChI is InChI=1S/C27H25BI3O2/c1-5-8-18(7-3)19(9-6-2)14-21-17(4)32-24-11-13-30-27-25(24)28(21)22-15-20-10-12-29-16-23(20)31-26(22)33-27/h5-16,23H,1-4H3/q-1/b8-5+,9-6-,18-7+,19-14-. The molecule has 0 saturated heterocycles. The van der Waals surface area contributed by atoms with Crippen LogP contribution in [-0.4, -0.2) is 18.7 Å². The molecule has 0 amide bonds. The van der Waals surface area contributed by atoms with Crippen LogP contribution < -0.4 is 21.2 Å². The molecule has 5 aliphatic heterocycles. The zero-order chi connectivity index (χ0) is 22.9. The second kappa shape index (κ2) is 10.3. The molecule has 0 saturated carbocycles. The first-order chi connectivity index (χ1) is 16.1. The molecule has 33 heavy (non-hydrogen) atoms. The number of allylic oxidation sites excluding steroid dienone is 16. The minimum atomic E-state index is -0.270. The van der Waals surface area contributed by atoms with Crippen molar-refractivity contribution in [2.45, 2.75) is 31.6 Å². The Morgan fingerprint density at radius 2 is 1.94 bits per heavy atom. The van der Waals surface area contributed by atoms with Gasteiger partial charge < -0.3 is 0 Å². The van der Waals surface area contributed by atoms with E-state index >= 15 is 0 Å². The van der Waals surface area contributed by atoms with Crippen LogP contribution in [0, 0.1) is 0 Å². The quantitative estimate of drug-likeness (QED) is 0.185. The molecule has 5 heterocycles. The fourth-order valence-electron chi connectivity index (χ4n) is 4.37. The summed E-state index contributed by atoms with van der Waals surface area (Å²) < 4.78 is 23.4. The van der Waals surface area contributed by atoms with Crippen molar-refractivity contribution in [2.24, 2.45) is 0 Å². The van der Waals surface area contributed by atoms with Crippen LogP contribution in [0.2, 0.25) is 0 Å². The molecule has 6 heteroatoms. The van der Waals surface area contributed by atoms with E-state index in [1.54, 1.807) is 0 Å². The second-order valence-electron chi connectivity index (χ2n) is 7.87. The van der Waals surface area contributed by atoms with Crippen molar-refractivity contribution in [1.82, 2.24) is 0 Å². The van der Waals surface area contributed by atoms with Gasteiger partial charge in [0.05, 0.1) is 0 Å². The fraction of sp³-hybridized carbons (Fsp3) is 0.185. The maximum atomic E-state index is 6.67. The van der Waals surface area contributed by atoms with Gasteiger partial charge in [0.2, 0.25) is 0 Å². The zero-order valence-corrected chi connectivity index (χ0v) is 25.5. The number of alkyl halides is 1. The van der Waals surface area contributed by atoms with Gasteiger partial charge in [-0.15, -0.1) is 0 Å². The molecule has 1 atom stereocenters.